The van der Waals surface area contributed by atoms with Crippen LogP contribution in [0, 0.1) is 13.8 Å². The number of nitrogens with two attached hydrogens (primary N) is 1. The molecule has 3 N–H and O–H groups in total. The first-order chi connectivity index (χ1) is 10.4. The summed E-state index contributed by atoms with van der Waals surface area (Å²) in [5, 5.41) is 7.87. The van der Waals surface area contributed by atoms with Gasteiger partial charge in [0, 0.05) is 19.1 Å². The molecule has 2 heterocycles. The topological polar surface area (TPSA) is 93.2 Å². The van der Waals surface area contributed by atoms with Gasteiger partial charge in [-0.05, 0) is 26.7 Å². The van der Waals surface area contributed by atoms with Gasteiger partial charge in [0.1, 0.15) is 6.54 Å². The average molecular weight is 328 g/mol. The summed E-state index contributed by atoms with van der Waals surface area (Å²) >= 11 is 6.07. The normalized spacial score (nSPS) is 16.7. The van der Waals surface area contributed by atoms with Crippen molar-refractivity contribution in [1.29, 1.82) is 0 Å². The van der Waals surface area contributed by atoms with Crippen LogP contribution in [0.15, 0.2) is 0 Å². The number of carbonyl (C=O) groups is 2. The molecule has 1 aliphatic rings. The molecule has 0 spiro atoms. The van der Waals surface area contributed by atoms with Crippen LogP contribution in [0.3, 0.4) is 0 Å². The fourth-order valence-electron chi connectivity index (χ4n) is 2.69. The summed E-state index contributed by atoms with van der Waals surface area (Å²) in [6.45, 7) is 5.64. The Hall–Kier alpha value is -1.60. The van der Waals surface area contributed by atoms with Crippen LogP contribution in [0.25, 0.3) is 0 Å². The highest BCUT2D eigenvalue weighted by molar-refractivity contribution is 6.31. The van der Waals surface area contributed by atoms with E-state index in [2.05, 4.69) is 10.4 Å². The fraction of sp³-hybridized carbons (Fsp3) is 0.643. The lowest BCUT2D eigenvalue weighted by Gasteiger charge is -2.31. The standard InChI is InChI=1S/C14H22ClN5O2/c1-9-14(15)10(2)20(18-9)8-13(22)17-11-3-5-19(6-4-11)7-12(16)21/h11H,3-8H2,1-2H3,(H2,16,21)(H,17,22). The van der Waals surface area contributed by atoms with Crippen LogP contribution in [-0.4, -0.2) is 52.2 Å². The number of aromatic nitrogens is 2. The predicted molar refractivity (Wildman–Crippen MR) is 83.5 cm³/mol. The Balaban J connectivity index is 1.81. The van der Waals surface area contributed by atoms with Crippen LogP contribution in [0.1, 0.15) is 24.2 Å². The van der Waals surface area contributed by atoms with Gasteiger partial charge in [-0.3, -0.25) is 19.2 Å². The Bertz CT molecular complexity index is 564. The molecule has 0 aromatic carbocycles. The van der Waals surface area contributed by atoms with Crippen molar-refractivity contribution >= 4 is 23.4 Å². The number of piperidine rings is 1. The van der Waals surface area contributed by atoms with Crippen LogP contribution in [-0.2, 0) is 16.1 Å². The van der Waals surface area contributed by atoms with Crippen molar-refractivity contribution in [2.75, 3.05) is 19.6 Å². The van der Waals surface area contributed by atoms with Crippen LogP contribution < -0.4 is 11.1 Å². The summed E-state index contributed by atoms with van der Waals surface area (Å²) in [5.74, 6) is -0.389. The Kier molecular flexibility index (Phi) is 5.42. The van der Waals surface area contributed by atoms with Crippen molar-refractivity contribution in [3.05, 3.63) is 16.4 Å². The fourth-order valence-corrected chi connectivity index (χ4v) is 2.83. The molecule has 8 heteroatoms. The number of aryl methyl sites for hydroxylation is 1. The second-order valence-corrected chi connectivity index (χ2v) is 6.10. The molecule has 0 bridgehead atoms. The van der Waals surface area contributed by atoms with Gasteiger partial charge in [-0.2, -0.15) is 5.10 Å². The molecule has 7 nitrogen and oxygen atoms in total. The third-order valence-corrected chi connectivity index (χ3v) is 4.47. The van der Waals surface area contributed by atoms with E-state index in [0.29, 0.717) is 5.02 Å². The van der Waals surface area contributed by atoms with Gasteiger partial charge < -0.3 is 11.1 Å². The molecular weight excluding hydrogens is 306 g/mol. The van der Waals surface area contributed by atoms with Gasteiger partial charge in [0.2, 0.25) is 11.8 Å². The van der Waals surface area contributed by atoms with E-state index < -0.39 is 0 Å². The van der Waals surface area contributed by atoms with Crippen LogP contribution in [0.4, 0.5) is 0 Å². The maximum absolute atomic E-state index is 12.1. The predicted octanol–water partition coefficient (Wildman–Crippen LogP) is 0.219. The number of hydrogen-bond acceptors (Lipinski definition) is 4. The van der Waals surface area contributed by atoms with Gasteiger partial charge in [-0.1, -0.05) is 11.6 Å². The molecule has 1 aliphatic heterocycles. The lowest BCUT2D eigenvalue weighted by molar-refractivity contribution is -0.123. The van der Waals surface area contributed by atoms with E-state index in [1.165, 1.54) is 0 Å². The van der Waals surface area contributed by atoms with Crippen molar-refractivity contribution < 1.29 is 9.59 Å². The molecule has 1 fully saturated rings. The molecule has 0 unspecified atom stereocenters. The molecule has 1 aromatic heterocycles. The van der Waals surface area contributed by atoms with Crippen LogP contribution in [0.5, 0.6) is 0 Å². The smallest absolute Gasteiger partial charge is 0.241 e. The third-order valence-electron chi connectivity index (χ3n) is 3.92. The van der Waals surface area contributed by atoms with Crippen molar-refractivity contribution in [3.63, 3.8) is 0 Å². The second-order valence-electron chi connectivity index (χ2n) is 5.73. The highest BCUT2D eigenvalue weighted by Gasteiger charge is 2.22. The number of likely N-dealkylation sites (tertiary alicyclic amines) is 1. The van der Waals surface area contributed by atoms with Crippen molar-refractivity contribution in [3.8, 4) is 0 Å². The summed E-state index contributed by atoms with van der Waals surface area (Å²) in [4.78, 5) is 25.0. The first-order valence-electron chi connectivity index (χ1n) is 7.36. The first-order valence-corrected chi connectivity index (χ1v) is 7.74. The number of nitrogens with zero attached hydrogens (tertiary/aromatic N) is 3. The summed E-state index contributed by atoms with van der Waals surface area (Å²) in [5.41, 5.74) is 6.71. The molecule has 122 valence electrons. The van der Waals surface area contributed by atoms with Gasteiger partial charge in [-0.15, -0.1) is 0 Å². The van der Waals surface area contributed by atoms with Gasteiger partial charge in [0.15, 0.2) is 0 Å². The van der Waals surface area contributed by atoms with E-state index in [1.807, 2.05) is 18.7 Å². The van der Waals surface area contributed by atoms with E-state index in [9.17, 15) is 9.59 Å². The largest absolute Gasteiger partial charge is 0.369 e. The molecule has 22 heavy (non-hydrogen) atoms. The summed E-state index contributed by atoms with van der Waals surface area (Å²) in [6.07, 6.45) is 1.63. The van der Waals surface area contributed by atoms with Crippen LogP contribution >= 0.6 is 11.6 Å². The molecule has 2 rings (SSSR count). The zero-order valence-corrected chi connectivity index (χ0v) is 13.7. The molecule has 1 aromatic rings. The number of amides is 2. The zero-order chi connectivity index (χ0) is 16.3. The molecule has 0 aliphatic carbocycles. The number of nitrogens with one attached hydrogen (secondary N) is 1. The Morgan fingerprint density at radius 2 is 1.95 bits per heavy atom. The van der Waals surface area contributed by atoms with E-state index >= 15 is 0 Å². The molecule has 0 atom stereocenters. The number of halogens is 1. The van der Waals surface area contributed by atoms with Crippen LogP contribution in [0.2, 0.25) is 5.02 Å². The van der Waals surface area contributed by atoms with Gasteiger partial charge in [-0.25, -0.2) is 0 Å². The molecule has 0 radical (unpaired) electrons. The Labute approximate surface area is 134 Å². The lowest BCUT2D eigenvalue weighted by atomic mass is 10.1. The average Bonchev–Trinajstić information content (AvgIpc) is 2.68. The van der Waals surface area contributed by atoms with E-state index in [4.69, 9.17) is 17.3 Å². The minimum absolute atomic E-state index is 0.0735. The minimum Gasteiger partial charge on any atom is -0.369 e. The molecular formula is C14H22ClN5O2. The quantitative estimate of drug-likeness (QED) is 0.809. The summed E-state index contributed by atoms with van der Waals surface area (Å²) in [7, 11) is 0. The first kappa shape index (κ1) is 16.8. The van der Waals surface area contributed by atoms with E-state index in [-0.39, 0.29) is 30.9 Å². The maximum atomic E-state index is 12.1. The Morgan fingerprint density at radius 3 is 2.45 bits per heavy atom. The van der Waals surface area contributed by atoms with Crippen molar-refractivity contribution in [1.82, 2.24) is 20.0 Å². The highest BCUT2D eigenvalue weighted by Crippen LogP contribution is 2.18. The maximum Gasteiger partial charge on any atom is 0.241 e. The van der Waals surface area contributed by atoms with Crippen molar-refractivity contribution in [2.24, 2.45) is 5.73 Å². The second kappa shape index (κ2) is 7.11. The monoisotopic (exact) mass is 327 g/mol. The highest BCUT2D eigenvalue weighted by atomic mass is 35.5. The van der Waals surface area contributed by atoms with Gasteiger partial charge in [0.25, 0.3) is 0 Å². The number of rotatable bonds is 5. The molecule has 1 saturated heterocycles. The number of primary amides is 1. The van der Waals surface area contributed by atoms with E-state index in [1.54, 1.807) is 4.68 Å². The minimum atomic E-state index is -0.316. The Morgan fingerprint density at radius 1 is 1.32 bits per heavy atom. The molecule has 0 saturated carbocycles. The van der Waals surface area contributed by atoms with Gasteiger partial charge in [0.05, 0.1) is 23.0 Å². The third kappa shape index (κ3) is 4.20. The summed E-state index contributed by atoms with van der Waals surface area (Å²) in [6, 6.07) is 0.129. The van der Waals surface area contributed by atoms with E-state index in [0.717, 1.165) is 37.3 Å². The van der Waals surface area contributed by atoms with Crippen molar-refractivity contribution in [2.45, 2.75) is 39.3 Å². The zero-order valence-electron chi connectivity index (χ0n) is 12.9. The van der Waals surface area contributed by atoms with Gasteiger partial charge >= 0.3 is 0 Å². The lowest BCUT2D eigenvalue weighted by Crippen LogP contribution is -2.47. The SMILES string of the molecule is Cc1nn(CC(=O)NC2CCN(CC(N)=O)CC2)c(C)c1Cl. The number of hydrogen-bond donors (Lipinski definition) is 2. The number of carbonyl (C=O) groups excluding carboxylic acids is 2. The molecule has 2 amide bonds. The summed E-state index contributed by atoms with van der Waals surface area (Å²) < 4.78 is 1.62.